The van der Waals surface area contributed by atoms with E-state index < -0.39 is 5.97 Å². The number of hydrogen-bond acceptors (Lipinski definition) is 3. The van der Waals surface area contributed by atoms with Crippen LogP contribution in [0.1, 0.15) is 30.6 Å². The minimum absolute atomic E-state index is 0.134. The maximum atomic E-state index is 12.4. The lowest BCUT2D eigenvalue weighted by Crippen LogP contribution is -2.25. The van der Waals surface area contributed by atoms with Crippen molar-refractivity contribution < 1.29 is 15.0 Å². The van der Waals surface area contributed by atoms with E-state index in [4.69, 9.17) is 10.2 Å². The summed E-state index contributed by atoms with van der Waals surface area (Å²) in [6, 6.07) is 4.65. The van der Waals surface area contributed by atoms with Gasteiger partial charge in [0.05, 0.1) is 29.7 Å². The Morgan fingerprint density at radius 1 is 1.19 bits per heavy atom. The Kier molecular flexibility index (Phi) is 4.47. The third-order valence-corrected chi connectivity index (χ3v) is 3.52. The zero-order chi connectivity index (χ0) is 15.6. The van der Waals surface area contributed by atoms with E-state index in [9.17, 15) is 9.59 Å². The molecule has 0 aliphatic heterocycles. The maximum Gasteiger partial charge on any atom is 0.335 e. The predicted octanol–water partition coefficient (Wildman–Crippen LogP) is 1.54. The molecular formula is C15H20N2O4. The number of imidazole rings is 1. The third-order valence-electron chi connectivity index (χ3n) is 3.52. The number of hydrogen-bond donors (Lipinski definition) is 2. The van der Waals surface area contributed by atoms with Crippen LogP contribution in [0, 0.1) is 5.92 Å². The van der Waals surface area contributed by atoms with E-state index in [-0.39, 0.29) is 24.4 Å². The molecule has 1 heterocycles. The van der Waals surface area contributed by atoms with Gasteiger partial charge in [-0.3, -0.25) is 9.13 Å². The first-order chi connectivity index (χ1) is 9.95. The Morgan fingerprint density at radius 3 is 2.43 bits per heavy atom. The second-order valence-electron chi connectivity index (χ2n) is 5.50. The molecular weight excluding hydrogens is 272 g/mol. The highest BCUT2D eigenvalue weighted by Gasteiger charge is 2.15. The van der Waals surface area contributed by atoms with Gasteiger partial charge in [-0.25, -0.2) is 9.59 Å². The van der Waals surface area contributed by atoms with Crippen LogP contribution in [0.5, 0.6) is 0 Å². The number of nitrogens with zero attached hydrogens (tertiary/aromatic N) is 2. The van der Waals surface area contributed by atoms with E-state index in [1.54, 1.807) is 10.6 Å². The van der Waals surface area contributed by atoms with Crippen molar-refractivity contribution in [2.75, 3.05) is 6.61 Å². The first-order valence-corrected chi connectivity index (χ1v) is 7.03. The molecule has 1 aromatic heterocycles. The van der Waals surface area contributed by atoms with Gasteiger partial charge in [-0.15, -0.1) is 0 Å². The summed E-state index contributed by atoms with van der Waals surface area (Å²) in [4.78, 5) is 23.5. The van der Waals surface area contributed by atoms with Crippen molar-refractivity contribution in [3.05, 3.63) is 34.2 Å². The Balaban J connectivity index is 2.61. The lowest BCUT2D eigenvalue weighted by Gasteiger charge is -2.05. The molecule has 6 nitrogen and oxygen atoms in total. The van der Waals surface area contributed by atoms with Crippen LogP contribution in [0.15, 0.2) is 23.0 Å². The number of aryl methyl sites for hydroxylation is 1. The van der Waals surface area contributed by atoms with Crippen molar-refractivity contribution in [2.45, 2.75) is 33.4 Å². The molecule has 2 rings (SSSR count). The number of carboxylic acids is 1. The molecule has 0 saturated carbocycles. The molecule has 2 aromatic rings. The van der Waals surface area contributed by atoms with Gasteiger partial charge >= 0.3 is 11.7 Å². The van der Waals surface area contributed by atoms with Gasteiger partial charge in [0.2, 0.25) is 0 Å². The zero-order valence-corrected chi connectivity index (χ0v) is 12.2. The number of benzene rings is 1. The molecule has 0 bridgehead atoms. The van der Waals surface area contributed by atoms with Gasteiger partial charge < -0.3 is 10.2 Å². The topological polar surface area (TPSA) is 84.5 Å². The minimum Gasteiger partial charge on any atom is -0.478 e. The Labute approximate surface area is 122 Å². The van der Waals surface area contributed by atoms with E-state index in [2.05, 4.69) is 13.8 Å². The lowest BCUT2D eigenvalue weighted by molar-refractivity contribution is 0.0697. The molecule has 0 atom stereocenters. The highest BCUT2D eigenvalue weighted by Crippen LogP contribution is 2.17. The van der Waals surface area contributed by atoms with E-state index in [1.165, 1.54) is 16.7 Å². The van der Waals surface area contributed by atoms with Gasteiger partial charge in [-0.1, -0.05) is 13.8 Å². The number of aliphatic hydroxyl groups excluding tert-OH is 1. The highest BCUT2D eigenvalue weighted by molar-refractivity contribution is 5.92. The number of carboxylic acid groups (broad SMARTS) is 1. The lowest BCUT2D eigenvalue weighted by atomic mass is 10.1. The van der Waals surface area contributed by atoms with Gasteiger partial charge in [0.1, 0.15) is 0 Å². The van der Waals surface area contributed by atoms with E-state index in [0.717, 1.165) is 6.42 Å². The summed E-state index contributed by atoms with van der Waals surface area (Å²) in [5, 5.41) is 18.2. The summed E-state index contributed by atoms with van der Waals surface area (Å²) in [6.07, 6.45) is 0.860. The average molecular weight is 292 g/mol. The second-order valence-corrected chi connectivity index (χ2v) is 5.50. The standard InChI is InChI=1S/C15H20N2O4/c1-10(2)5-6-16-12-4-3-11(14(19)20)9-13(12)17(7-8-18)15(16)21/h3-4,9-10,18H,5-8H2,1-2H3,(H,19,20). The van der Waals surface area contributed by atoms with Gasteiger partial charge in [0.25, 0.3) is 0 Å². The molecule has 6 heteroatoms. The van der Waals surface area contributed by atoms with Crippen molar-refractivity contribution in [3.63, 3.8) is 0 Å². The van der Waals surface area contributed by atoms with Crippen LogP contribution in [0.4, 0.5) is 0 Å². The summed E-state index contributed by atoms with van der Waals surface area (Å²) < 4.78 is 3.08. The van der Waals surface area contributed by atoms with Crippen LogP contribution in [0.3, 0.4) is 0 Å². The fourth-order valence-electron chi connectivity index (χ4n) is 2.37. The quantitative estimate of drug-likeness (QED) is 0.846. The number of carbonyl (C=O) groups is 1. The first-order valence-electron chi connectivity index (χ1n) is 7.03. The molecule has 0 aliphatic rings. The number of rotatable bonds is 6. The van der Waals surface area contributed by atoms with Crippen LogP contribution >= 0.6 is 0 Å². The van der Waals surface area contributed by atoms with Crippen LogP contribution in [0.25, 0.3) is 11.0 Å². The van der Waals surface area contributed by atoms with Gasteiger partial charge in [0, 0.05) is 6.54 Å². The molecule has 1 aromatic carbocycles. The van der Waals surface area contributed by atoms with Gasteiger partial charge in [-0.05, 0) is 30.5 Å². The summed E-state index contributed by atoms with van der Waals surface area (Å²) in [5.74, 6) is -0.568. The Hall–Kier alpha value is -2.08. The van der Waals surface area contributed by atoms with Crippen molar-refractivity contribution >= 4 is 17.0 Å². The summed E-state index contributed by atoms with van der Waals surface area (Å²) in [7, 11) is 0. The SMILES string of the molecule is CC(C)CCn1c(=O)n(CCO)c2cc(C(=O)O)ccc21. The average Bonchev–Trinajstić information content (AvgIpc) is 2.69. The highest BCUT2D eigenvalue weighted by atomic mass is 16.4. The summed E-state index contributed by atoms with van der Waals surface area (Å²) in [6.45, 7) is 4.74. The monoisotopic (exact) mass is 292 g/mol. The third kappa shape index (κ3) is 3.00. The van der Waals surface area contributed by atoms with Crippen LogP contribution < -0.4 is 5.69 Å². The maximum absolute atomic E-state index is 12.4. The Bertz CT molecular complexity index is 712. The van der Waals surface area contributed by atoms with E-state index >= 15 is 0 Å². The molecule has 0 unspecified atom stereocenters. The Morgan fingerprint density at radius 2 is 1.86 bits per heavy atom. The number of fused-ring (bicyclic) bond motifs is 1. The normalized spacial score (nSPS) is 11.4. The van der Waals surface area contributed by atoms with Crippen LogP contribution in [-0.4, -0.2) is 31.9 Å². The van der Waals surface area contributed by atoms with Crippen LogP contribution in [0.2, 0.25) is 0 Å². The first kappa shape index (κ1) is 15.3. The van der Waals surface area contributed by atoms with Crippen molar-refractivity contribution in [3.8, 4) is 0 Å². The number of aliphatic hydroxyl groups is 1. The molecule has 21 heavy (non-hydrogen) atoms. The summed E-state index contributed by atoms with van der Waals surface area (Å²) >= 11 is 0. The summed E-state index contributed by atoms with van der Waals surface area (Å²) in [5.41, 5.74) is 1.19. The van der Waals surface area contributed by atoms with Crippen molar-refractivity contribution in [2.24, 2.45) is 5.92 Å². The largest absolute Gasteiger partial charge is 0.478 e. The van der Waals surface area contributed by atoms with Crippen molar-refractivity contribution in [1.82, 2.24) is 9.13 Å². The fraction of sp³-hybridized carbons (Fsp3) is 0.467. The fourth-order valence-corrected chi connectivity index (χ4v) is 2.37. The molecule has 0 aliphatic carbocycles. The van der Waals surface area contributed by atoms with Gasteiger partial charge in [0.15, 0.2) is 0 Å². The van der Waals surface area contributed by atoms with Crippen LogP contribution in [-0.2, 0) is 13.1 Å². The molecule has 0 amide bonds. The molecule has 114 valence electrons. The van der Waals surface area contributed by atoms with E-state index in [1.807, 2.05) is 0 Å². The van der Waals surface area contributed by atoms with Gasteiger partial charge in [-0.2, -0.15) is 0 Å². The van der Waals surface area contributed by atoms with Crippen molar-refractivity contribution in [1.29, 1.82) is 0 Å². The van der Waals surface area contributed by atoms with E-state index in [0.29, 0.717) is 23.5 Å². The molecule has 0 saturated heterocycles. The molecule has 0 spiro atoms. The molecule has 2 N–H and O–H groups in total. The number of aromatic nitrogens is 2. The zero-order valence-electron chi connectivity index (χ0n) is 12.2. The minimum atomic E-state index is -1.03. The smallest absolute Gasteiger partial charge is 0.335 e. The number of aromatic carboxylic acids is 1. The molecule has 0 fully saturated rings. The second kappa shape index (κ2) is 6.13. The predicted molar refractivity (Wildman–Crippen MR) is 79.7 cm³/mol. The molecule has 0 radical (unpaired) electrons.